The van der Waals surface area contributed by atoms with Gasteiger partial charge in [-0.2, -0.15) is 0 Å². The van der Waals surface area contributed by atoms with Gasteiger partial charge < -0.3 is 15.1 Å². The summed E-state index contributed by atoms with van der Waals surface area (Å²) >= 11 is 0. The molecule has 0 saturated carbocycles. The van der Waals surface area contributed by atoms with Crippen molar-refractivity contribution in [3.8, 4) is 0 Å². The fourth-order valence-corrected chi connectivity index (χ4v) is 3.82. The van der Waals surface area contributed by atoms with Crippen molar-refractivity contribution >= 4 is 17.5 Å². The summed E-state index contributed by atoms with van der Waals surface area (Å²) in [5.74, 6) is 2.18. The van der Waals surface area contributed by atoms with E-state index in [9.17, 15) is 4.79 Å². The number of rotatable bonds is 3. The minimum absolute atomic E-state index is 0.0347. The first-order valence-corrected chi connectivity index (χ1v) is 10.00. The fourth-order valence-electron chi connectivity index (χ4n) is 3.82. The van der Waals surface area contributed by atoms with Gasteiger partial charge in [0.25, 0.3) is 0 Å². The van der Waals surface area contributed by atoms with E-state index in [1.54, 1.807) is 0 Å². The van der Waals surface area contributed by atoms with Crippen LogP contribution in [0, 0.1) is 27.7 Å². The molecule has 1 fully saturated rings. The zero-order valence-corrected chi connectivity index (χ0v) is 17.8. The highest BCUT2D eigenvalue weighted by Gasteiger charge is 2.25. The van der Waals surface area contributed by atoms with Crippen LogP contribution in [0.5, 0.6) is 0 Å². The topological polar surface area (TPSA) is 61.4 Å². The van der Waals surface area contributed by atoms with Gasteiger partial charge in [0.2, 0.25) is 0 Å². The Morgan fingerprint density at radius 1 is 1.04 bits per heavy atom. The van der Waals surface area contributed by atoms with Crippen molar-refractivity contribution in [2.24, 2.45) is 0 Å². The predicted octanol–water partition coefficient (Wildman–Crippen LogP) is 4.19. The lowest BCUT2D eigenvalue weighted by Crippen LogP contribution is -2.50. The van der Waals surface area contributed by atoms with E-state index in [0.717, 1.165) is 41.7 Å². The van der Waals surface area contributed by atoms with Gasteiger partial charge in [-0.15, -0.1) is 0 Å². The molecule has 28 heavy (non-hydrogen) atoms. The summed E-state index contributed by atoms with van der Waals surface area (Å²) < 4.78 is 0. The summed E-state index contributed by atoms with van der Waals surface area (Å²) in [6.07, 6.45) is 0. The fraction of sp³-hybridized carbons (Fsp3) is 0.500. The molecule has 0 aliphatic carbocycles. The van der Waals surface area contributed by atoms with E-state index >= 15 is 0 Å². The van der Waals surface area contributed by atoms with Gasteiger partial charge in [-0.3, -0.25) is 0 Å². The second kappa shape index (κ2) is 8.17. The number of anilines is 2. The molecule has 1 aliphatic heterocycles. The van der Waals surface area contributed by atoms with Gasteiger partial charge in [0.15, 0.2) is 0 Å². The third-order valence-corrected chi connectivity index (χ3v) is 5.52. The van der Waals surface area contributed by atoms with Crippen LogP contribution in [0.2, 0.25) is 0 Å². The zero-order chi connectivity index (χ0) is 20.4. The molecular formula is C22H31N5O. The van der Waals surface area contributed by atoms with Crippen LogP contribution in [0.4, 0.5) is 16.3 Å². The standard InChI is InChI=1S/C22H31N5O/c1-14(2)20-17(5)23-18(6)24-21(20)26-10-12-27(13-11-26)22(28)25-19-9-7-8-15(3)16(19)4/h7-9,14H,10-13H2,1-6H3,(H,25,28). The number of carbonyl (C=O) groups excluding carboxylic acids is 1. The molecule has 6 heteroatoms. The number of carbonyl (C=O) groups is 1. The molecule has 2 aromatic rings. The Labute approximate surface area is 168 Å². The van der Waals surface area contributed by atoms with Crippen LogP contribution in [0.25, 0.3) is 0 Å². The van der Waals surface area contributed by atoms with Crippen LogP contribution in [0.15, 0.2) is 18.2 Å². The predicted molar refractivity (Wildman–Crippen MR) is 114 cm³/mol. The van der Waals surface area contributed by atoms with Gasteiger partial charge in [-0.05, 0) is 50.8 Å². The Morgan fingerprint density at radius 3 is 2.36 bits per heavy atom. The third kappa shape index (κ3) is 4.11. The highest BCUT2D eigenvalue weighted by molar-refractivity contribution is 5.90. The Hall–Kier alpha value is -2.63. The van der Waals surface area contributed by atoms with Crippen LogP contribution < -0.4 is 10.2 Å². The van der Waals surface area contributed by atoms with Crippen LogP contribution >= 0.6 is 0 Å². The first-order chi connectivity index (χ1) is 13.3. The minimum Gasteiger partial charge on any atom is -0.353 e. The molecule has 1 N–H and O–H groups in total. The molecular weight excluding hydrogens is 350 g/mol. The molecule has 150 valence electrons. The zero-order valence-electron chi connectivity index (χ0n) is 17.8. The molecule has 0 radical (unpaired) electrons. The number of hydrogen-bond donors (Lipinski definition) is 1. The Balaban J connectivity index is 1.70. The lowest BCUT2D eigenvalue weighted by atomic mass is 10.0. The first kappa shape index (κ1) is 20.1. The van der Waals surface area contributed by atoms with E-state index in [0.29, 0.717) is 19.0 Å². The molecule has 0 spiro atoms. The van der Waals surface area contributed by atoms with Crippen LogP contribution in [-0.2, 0) is 0 Å². The highest BCUT2D eigenvalue weighted by Crippen LogP contribution is 2.29. The van der Waals surface area contributed by atoms with E-state index in [1.165, 1.54) is 11.1 Å². The molecule has 1 aromatic carbocycles. The van der Waals surface area contributed by atoms with E-state index in [1.807, 2.05) is 30.9 Å². The van der Waals surface area contributed by atoms with E-state index in [4.69, 9.17) is 4.98 Å². The molecule has 2 amide bonds. The van der Waals surface area contributed by atoms with Crippen molar-refractivity contribution in [2.45, 2.75) is 47.5 Å². The van der Waals surface area contributed by atoms with Gasteiger partial charge in [0.1, 0.15) is 11.6 Å². The van der Waals surface area contributed by atoms with Crippen molar-refractivity contribution in [1.29, 1.82) is 0 Å². The molecule has 2 heterocycles. The number of benzene rings is 1. The number of nitrogens with one attached hydrogen (secondary N) is 1. The van der Waals surface area contributed by atoms with Crippen LogP contribution in [-0.4, -0.2) is 47.1 Å². The summed E-state index contributed by atoms with van der Waals surface area (Å²) in [6, 6.07) is 5.95. The summed E-state index contributed by atoms with van der Waals surface area (Å²) in [6.45, 7) is 15.4. The van der Waals surface area contributed by atoms with Crippen molar-refractivity contribution in [3.63, 3.8) is 0 Å². The normalized spacial score (nSPS) is 14.5. The summed E-state index contributed by atoms with van der Waals surface area (Å²) in [5, 5.41) is 3.07. The van der Waals surface area contributed by atoms with Crippen molar-refractivity contribution in [1.82, 2.24) is 14.9 Å². The average molecular weight is 382 g/mol. The molecule has 6 nitrogen and oxygen atoms in total. The van der Waals surface area contributed by atoms with Crippen molar-refractivity contribution in [2.75, 3.05) is 36.4 Å². The van der Waals surface area contributed by atoms with Gasteiger partial charge >= 0.3 is 6.03 Å². The maximum atomic E-state index is 12.7. The second-order valence-corrected chi connectivity index (χ2v) is 7.90. The van der Waals surface area contributed by atoms with Crippen molar-refractivity contribution < 1.29 is 4.79 Å². The number of aryl methyl sites for hydroxylation is 3. The monoisotopic (exact) mass is 381 g/mol. The van der Waals surface area contributed by atoms with Gasteiger partial charge in [0.05, 0.1) is 0 Å². The van der Waals surface area contributed by atoms with Gasteiger partial charge in [-0.1, -0.05) is 26.0 Å². The van der Waals surface area contributed by atoms with Gasteiger partial charge in [-0.25, -0.2) is 14.8 Å². The number of piperazine rings is 1. The average Bonchev–Trinajstić information content (AvgIpc) is 2.64. The number of aromatic nitrogens is 2. The van der Waals surface area contributed by atoms with E-state index in [2.05, 4.69) is 49.0 Å². The lowest BCUT2D eigenvalue weighted by Gasteiger charge is -2.37. The minimum atomic E-state index is -0.0347. The Bertz CT molecular complexity index is 869. The summed E-state index contributed by atoms with van der Waals surface area (Å²) in [7, 11) is 0. The van der Waals surface area contributed by atoms with E-state index < -0.39 is 0 Å². The molecule has 3 rings (SSSR count). The van der Waals surface area contributed by atoms with Crippen LogP contribution in [0.1, 0.15) is 48.0 Å². The molecule has 0 bridgehead atoms. The molecule has 0 unspecified atom stereocenters. The van der Waals surface area contributed by atoms with Crippen LogP contribution in [0.3, 0.4) is 0 Å². The third-order valence-electron chi connectivity index (χ3n) is 5.52. The summed E-state index contributed by atoms with van der Waals surface area (Å²) in [5.41, 5.74) is 5.43. The Morgan fingerprint density at radius 2 is 1.71 bits per heavy atom. The number of nitrogens with zero attached hydrogens (tertiary/aromatic N) is 4. The van der Waals surface area contributed by atoms with Gasteiger partial charge in [0, 0.05) is 43.1 Å². The SMILES string of the molecule is Cc1nc(C)c(C(C)C)c(N2CCN(C(=O)Nc3cccc(C)c3C)CC2)n1. The largest absolute Gasteiger partial charge is 0.353 e. The second-order valence-electron chi connectivity index (χ2n) is 7.90. The van der Waals surface area contributed by atoms with Crippen molar-refractivity contribution in [3.05, 3.63) is 46.4 Å². The van der Waals surface area contributed by atoms with E-state index in [-0.39, 0.29) is 6.03 Å². The maximum absolute atomic E-state index is 12.7. The number of urea groups is 1. The highest BCUT2D eigenvalue weighted by atomic mass is 16.2. The molecule has 1 saturated heterocycles. The maximum Gasteiger partial charge on any atom is 0.321 e. The number of amides is 2. The molecule has 1 aromatic heterocycles. The first-order valence-electron chi connectivity index (χ1n) is 10.00. The molecule has 1 aliphatic rings. The quantitative estimate of drug-likeness (QED) is 0.866. The number of hydrogen-bond acceptors (Lipinski definition) is 4. The smallest absolute Gasteiger partial charge is 0.321 e. The molecule has 0 atom stereocenters. The lowest BCUT2D eigenvalue weighted by molar-refractivity contribution is 0.208. The summed E-state index contributed by atoms with van der Waals surface area (Å²) in [4.78, 5) is 26.2. The Kier molecular flexibility index (Phi) is 5.87.